The summed E-state index contributed by atoms with van der Waals surface area (Å²) in [5.41, 5.74) is 1.14. The number of carbonyl (C=O) groups is 2. The molecule has 0 spiro atoms. The first kappa shape index (κ1) is 44.9. The maximum atomic E-state index is 12.7. The molecule has 13 atom stereocenters. The van der Waals surface area contributed by atoms with Crippen LogP contribution in [0.15, 0.2) is 11.6 Å². The van der Waals surface area contributed by atoms with E-state index < -0.39 is 50.4 Å². The minimum absolute atomic E-state index is 0.0899. The molecule has 3 saturated carbocycles. The molecule has 13 nitrogen and oxygen atoms in total. The molecule has 0 aromatic carbocycles. The van der Waals surface area contributed by atoms with Crippen molar-refractivity contribution < 1.29 is 53.3 Å². The fraction of sp³-hybridized carbons (Fsp3) is 0.900. The van der Waals surface area contributed by atoms with Crippen LogP contribution in [0.4, 0.5) is 4.79 Å². The zero-order chi connectivity index (χ0) is 40.1. The van der Waals surface area contributed by atoms with Gasteiger partial charge in [0.15, 0.2) is 0 Å². The lowest BCUT2D eigenvalue weighted by Crippen LogP contribution is -2.57. The highest BCUT2D eigenvalue weighted by atomic mass is 32.2. The number of alkyl carbamates (subject to hydrolysis) is 1. The molecular formula is C40H69N2O11PS. The van der Waals surface area contributed by atoms with E-state index in [0.29, 0.717) is 30.1 Å². The fourth-order valence-corrected chi connectivity index (χ4v) is 12.6. The Labute approximate surface area is 332 Å². The summed E-state index contributed by atoms with van der Waals surface area (Å²) >= 11 is 1.14. The summed E-state index contributed by atoms with van der Waals surface area (Å²) in [6.07, 6.45) is 9.89. The molecule has 1 saturated heterocycles. The molecule has 1 heterocycles. The van der Waals surface area contributed by atoms with Gasteiger partial charge in [-0.15, -0.1) is 11.8 Å². The summed E-state index contributed by atoms with van der Waals surface area (Å²) in [5, 5.41) is 36.0. The Morgan fingerprint density at radius 3 is 2.45 bits per heavy atom. The molecule has 0 aromatic heterocycles. The van der Waals surface area contributed by atoms with Crippen LogP contribution in [0.3, 0.4) is 0 Å². The number of phosphoric ester groups is 1. The smallest absolute Gasteiger partial charge is 0.446 e. The second-order valence-electron chi connectivity index (χ2n) is 18.1. The first-order chi connectivity index (χ1) is 25.9. The number of rotatable bonds is 17. The Morgan fingerprint density at radius 1 is 0.964 bits per heavy atom. The normalized spacial score (nSPS) is 38.0. The molecule has 7 N–H and O–H groups in total. The van der Waals surface area contributed by atoms with Gasteiger partial charge in [-0.25, -0.2) is 9.36 Å². The molecule has 0 aromatic rings. The van der Waals surface area contributed by atoms with Crippen LogP contribution in [0.25, 0.3) is 0 Å². The number of amides is 2. The van der Waals surface area contributed by atoms with Crippen LogP contribution in [0.2, 0.25) is 0 Å². The number of aliphatic hydroxyl groups is 3. The molecule has 1 aliphatic heterocycles. The van der Waals surface area contributed by atoms with Crippen LogP contribution >= 0.6 is 19.6 Å². The van der Waals surface area contributed by atoms with Gasteiger partial charge in [-0.1, -0.05) is 65.5 Å². The van der Waals surface area contributed by atoms with Crippen molar-refractivity contribution in [2.45, 2.75) is 154 Å². The van der Waals surface area contributed by atoms with E-state index in [0.717, 1.165) is 67.0 Å². The molecule has 4 aliphatic carbocycles. The molecule has 55 heavy (non-hydrogen) atoms. The number of allylic oxidation sites excluding steroid dienone is 1. The Bertz CT molecular complexity index is 1380. The Morgan fingerprint density at radius 2 is 1.73 bits per heavy atom. The van der Waals surface area contributed by atoms with Crippen molar-refractivity contribution in [2.75, 3.05) is 25.4 Å². The predicted octanol–water partition coefficient (Wildman–Crippen LogP) is 5.67. The number of phosphoric acid groups is 1. The summed E-state index contributed by atoms with van der Waals surface area (Å²) in [7, 11) is -4.81. The van der Waals surface area contributed by atoms with Gasteiger partial charge in [0, 0.05) is 25.9 Å². The van der Waals surface area contributed by atoms with Crippen LogP contribution in [-0.4, -0.2) is 98.5 Å². The van der Waals surface area contributed by atoms with Gasteiger partial charge in [-0.2, -0.15) is 0 Å². The lowest BCUT2D eigenvalue weighted by Gasteiger charge is -2.58. The quantitative estimate of drug-likeness (QED) is 0.0540. The highest BCUT2D eigenvalue weighted by molar-refractivity contribution is 7.99. The number of aliphatic hydroxyl groups excluding tert-OH is 3. The molecule has 5 aliphatic rings. The molecule has 4 fully saturated rings. The minimum atomic E-state index is -4.81. The van der Waals surface area contributed by atoms with Gasteiger partial charge < -0.3 is 45.2 Å². The van der Waals surface area contributed by atoms with Crippen molar-refractivity contribution in [3.8, 4) is 0 Å². The second-order valence-corrected chi connectivity index (χ2v) is 20.6. The Kier molecular flexibility index (Phi) is 15.7. The molecular weight excluding hydrogens is 747 g/mol. The maximum Gasteiger partial charge on any atom is 0.469 e. The molecule has 316 valence electrons. The Hall–Kier alpha value is -1.22. The van der Waals surface area contributed by atoms with Crippen LogP contribution in [-0.2, 0) is 23.4 Å². The fourth-order valence-electron chi connectivity index (χ4n) is 11.2. The van der Waals surface area contributed by atoms with Gasteiger partial charge in [-0.05, 0) is 103 Å². The van der Waals surface area contributed by atoms with Gasteiger partial charge in [0.1, 0.15) is 36.0 Å². The van der Waals surface area contributed by atoms with E-state index in [1.807, 2.05) is 0 Å². The van der Waals surface area contributed by atoms with Crippen molar-refractivity contribution in [1.82, 2.24) is 10.6 Å². The van der Waals surface area contributed by atoms with E-state index >= 15 is 0 Å². The molecule has 0 radical (unpaired) electrons. The van der Waals surface area contributed by atoms with Crippen molar-refractivity contribution in [3.63, 3.8) is 0 Å². The lowest BCUT2D eigenvalue weighted by atomic mass is 9.47. The van der Waals surface area contributed by atoms with Gasteiger partial charge in [-0.3, -0.25) is 9.32 Å². The van der Waals surface area contributed by atoms with Crippen LogP contribution in [0.5, 0.6) is 0 Å². The number of nitrogens with one attached hydrogen (secondary N) is 2. The number of ether oxygens (including phenoxy) is 2. The van der Waals surface area contributed by atoms with Crippen LogP contribution < -0.4 is 10.6 Å². The van der Waals surface area contributed by atoms with Crippen molar-refractivity contribution in [1.29, 1.82) is 0 Å². The van der Waals surface area contributed by atoms with Gasteiger partial charge in [0.2, 0.25) is 5.91 Å². The zero-order valence-corrected chi connectivity index (χ0v) is 35.3. The average Bonchev–Trinajstić information content (AvgIpc) is 3.47. The standard InChI is InChI=1S/C40H69N2O11PS/c1-24(2)8-6-9-25(3)29-12-13-30-28-11-10-26-22-27(14-17-39(26,4)31(28)15-18-40(29,30)5)52-38(47)42-20-16-33(43)41-19-7-21-55-37-36(46)35(45)34(44)32(53-37)23-51-54(48,49)50/h10,24-25,27-32,34-37,44-46H,6-9,11-23H2,1-5H3,(H,41,43)(H,42,47)(H2,48,49,50)/t25-,27?,28?,29-,30?,31?,32-,34-,35+,36+,37+,39+,40-/m1/s1. The van der Waals surface area contributed by atoms with E-state index in [4.69, 9.17) is 19.3 Å². The molecule has 4 unspecified atom stereocenters. The highest BCUT2D eigenvalue weighted by Crippen LogP contribution is 2.67. The maximum absolute atomic E-state index is 12.7. The summed E-state index contributed by atoms with van der Waals surface area (Å²) in [4.78, 5) is 43.0. The first-order valence-corrected chi connectivity index (χ1v) is 23.4. The van der Waals surface area contributed by atoms with Crippen LogP contribution in [0.1, 0.15) is 118 Å². The molecule has 2 amide bonds. The van der Waals surface area contributed by atoms with Crippen molar-refractivity contribution >= 4 is 31.6 Å². The molecule has 15 heteroatoms. The second kappa shape index (κ2) is 19.2. The van der Waals surface area contributed by atoms with Crippen LogP contribution in [0, 0.1) is 46.3 Å². The van der Waals surface area contributed by atoms with E-state index in [2.05, 4.69) is 55.9 Å². The number of thioether (sulfide) groups is 1. The van der Waals surface area contributed by atoms with Crippen molar-refractivity contribution in [2.24, 2.45) is 46.3 Å². The SMILES string of the molecule is CC(C)CCC[C@@H](C)[C@H]1CCC2C3CC=C4CC(OC(=O)NCCC(=O)NCCCS[C@@H]5O[C@H](COP(=O)(O)O)[C@@H](O)[C@H](O)[C@@H]5O)CC[C@]4(C)C3CC[C@@]21C. The number of hydrogen-bond acceptors (Lipinski definition) is 10. The van der Waals surface area contributed by atoms with Gasteiger partial charge in [0.25, 0.3) is 0 Å². The summed E-state index contributed by atoms with van der Waals surface area (Å²) in [6, 6.07) is 0. The summed E-state index contributed by atoms with van der Waals surface area (Å²) < 4.78 is 26.8. The molecule has 5 rings (SSSR count). The van der Waals surface area contributed by atoms with Crippen molar-refractivity contribution in [3.05, 3.63) is 11.6 Å². The molecule has 0 bridgehead atoms. The summed E-state index contributed by atoms with van der Waals surface area (Å²) in [5.74, 6) is 4.89. The minimum Gasteiger partial charge on any atom is -0.446 e. The average molecular weight is 817 g/mol. The predicted molar refractivity (Wildman–Crippen MR) is 211 cm³/mol. The Balaban J connectivity index is 0.983. The van der Waals surface area contributed by atoms with E-state index in [1.54, 1.807) is 0 Å². The van der Waals surface area contributed by atoms with E-state index in [-0.39, 0.29) is 30.4 Å². The van der Waals surface area contributed by atoms with E-state index in [9.17, 15) is 29.5 Å². The lowest BCUT2D eigenvalue weighted by molar-refractivity contribution is -0.204. The van der Waals surface area contributed by atoms with E-state index in [1.165, 1.54) is 50.5 Å². The van der Waals surface area contributed by atoms with Gasteiger partial charge in [0.05, 0.1) is 6.61 Å². The first-order valence-electron chi connectivity index (χ1n) is 20.8. The third-order valence-electron chi connectivity index (χ3n) is 14.2. The topological polar surface area (TPSA) is 204 Å². The third kappa shape index (κ3) is 11.1. The van der Waals surface area contributed by atoms with Gasteiger partial charge >= 0.3 is 13.9 Å². The summed E-state index contributed by atoms with van der Waals surface area (Å²) in [6.45, 7) is 12.1. The zero-order valence-electron chi connectivity index (χ0n) is 33.6. The number of fused-ring (bicyclic) bond motifs is 5. The highest BCUT2D eigenvalue weighted by Gasteiger charge is 2.59. The number of hydrogen-bond donors (Lipinski definition) is 7. The monoisotopic (exact) mass is 816 g/mol. The largest absolute Gasteiger partial charge is 0.469 e. The number of carbonyl (C=O) groups excluding carboxylic acids is 2. The third-order valence-corrected chi connectivity index (χ3v) is 15.9.